The van der Waals surface area contributed by atoms with Gasteiger partial charge in [-0.25, -0.2) is 4.79 Å². The first-order valence-corrected chi connectivity index (χ1v) is 12.5. The van der Waals surface area contributed by atoms with Gasteiger partial charge in [-0.05, 0) is 67.9 Å². The van der Waals surface area contributed by atoms with Crippen molar-refractivity contribution < 1.29 is 14.3 Å². The lowest BCUT2D eigenvalue weighted by Crippen LogP contribution is -2.33. The number of aromatic nitrogens is 1. The molecule has 1 aromatic heterocycles. The van der Waals surface area contributed by atoms with Gasteiger partial charge >= 0.3 is 6.09 Å². The summed E-state index contributed by atoms with van der Waals surface area (Å²) in [5.41, 5.74) is 2.58. The van der Waals surface area contributed by atoms with Crippen LogP contribution in [0.3, 0.4) is 0 Å². The third-order valence-corrected chi connectivity index (χ3v) is 6.45. The van der Waals surface area contributed by atoms with E-state index < -0.39 is 12.0 Å². The maximum atomic E-state index is 13.2. The minimum atomic E-state index is -0.499. The minimum absolute atomic E-state index is 0.241. The van der Waals surface area contributed by atoms with E-state index in [2.05, 4.69) is 5.32 Å². The smallest absolute Gasteiger partial charge is 0.408 e. The first-order valence-electron chi connectivity index (χ1n) is 11.4. The number of nitrogens with one attached hydrogen (secondary N) is 1. The van der Waals surface area contributed by atoms with Gasteiger partial charge in [0.15, 0.2) is 5.75 Å². The molecule has 1 N–H and O–H groups in total. The number of anilines is 1. The number of nitrogens with zero attached hydrogens (tertiary/aromatic N) is 2. The molecule has 4 rings (SSSR count). The van der Waals surface area contributed by atoms with Crippen molar-refractivity contribution in [2.75, 3.05) is 18.4 Å². The Morgan fingerprint density at radius 3 is 2.19 bits per heavy atom. The average Bonchev–Trinajstić information content (AvgIpc) is 3.25. The number of hydrogen-bond acceptors (Lipinski definition) is 3. The fourth-order valence-electron chi connectivity index (χ4n) is 3.90. The van der Waals surface area contributed by atoms with Gasteiger partial charge in [0.1, 0.15) is 0 Å². The Kier molecular flexibility index (Phi) is 8.09. The summed E-state index contributed by atoms with van der Waals surface area (Å²) in [7, 11) is 0. The van der Waals surface area contributed by atoms with Crippen LogP contribution < -0.4 is 10.1 Å². The number of fused-ring (bicyclic) bond motifs is 1. The molecule has 0 atom stereocenters. The lowest BCUT2D eigenvalue weighted by molar-refractivity contribution is 0.102. The lowest BCUT2D eigenvalue weighted by atomic mass is 10.1. The Balaban J connectivity index is 1.74. The van der Waals surface area contributed by atoms with Crippen LogP contribution in [0.25, 0.3) is 10.9 Å². The maximum Gasteiger partial charge on any atom is 0.415 e. The van der Waals surface area contributed by atoms with E-state index in [1.807, 2.05) is 61.0 Å². The molecule has 186 valence electrons. The molecule has 0 aliphatic rings. The first kappa shape index (κ1) is 25.9. The van der Waals surface area contributed by atoms with Crippen molar-refractivity contribution in [1.29, 1.82) is 0 Å². The van der Waals surface area contributed by atoms with Gasteiger partial charge < -0.3 is 19.5 Å². The number of rotatable bonds is 7. The van der Waals surface area contributed by atoms with Crippen LogP contribution in [0.2, 0.25) is 15.1 Å². The van der Waals surface area contributed by atoms with E-state index >= 15 is 0 Å². The molecule has 0 aliphatic heterocycles. The molecule has 0 aliphatic carbocycles. The normalized spacial score (nSPS) is 10.9. The van der Waals surface area contributed by atoms with E-state index in [0.717, 1.165) is 16.5 Å². The number of hydrogen-bond donors (Lipinski definition) is 1. The van der Waals surface area contributed by atoms with Crippen LogP contribution in [-0.4, -0.2) is 34.6 Å². The van der Waals surface area contributed by atoms with Gasteiger partial charge in [-0.15, -0.1) is 0 Å². The summed E-state index contributed by atoms with van der Waals surface area (Å²) in [6.45, 7) is 5.33. The topological polar surface area (TPSA) is 63.6 Å². The van der Waals surface area contributed by atoms with Crippen LogP contribution in [0.4, 0.5) is 10.5 Å². The summed E-state index contributed by atoms with van der Waals surface area (Å²) >= 11 is 18.2. The Labute approximate surface area is 224 Å². The van der Waals surface area contributed by atoms with Gasteiger partial charge in [-0.1, -0.05) is 46.9 Å². The second kappa shape index (κ2) is 11.2. The number of ether oxygens (including phenoxy) is 1. The second-order valence-corrected chi connectivity index (χ2v) is 9.40. The third kappa shape index (κ3) is 5.78. The summed E-state index contributed by atoms with van der Waals surface area (Å²) in [6.07, 6.45) is 1.42. The SMILES string of the molecule is CCN(CC)C(=O)Oc1ccc2c(ccn2Cc2ccc(Cl)cc2)c1NC(=O)c1cc(Cl)cc(Cl)c1. The van der Waals surface area contributed by atoms with E-state index in [0.29, 0.717) is 40.4 Å². The lowest BCUT2D eigenvalue weighted by Gasteiger charge is -2.20. The van der Waals surface area contributed by atoms with E-state index in [-0.39, 0.29) is 11.3 Å². The van der Waals surface area contributed by atoms with Crippen LogP contribution in [0.15, 0.2) is 66.9 Å². The van der Waals surface area contributed by atoms with E-state index in [9.17, 15) is 9.59 Å². The summed E-state index contributed by atoms with van der Waals surface area (Å²) in [6, 6.07) is 17.6. The molecule has 2 amide bonds. The van der Waals surface area contributed by atoms with Gasteiger partial charge in [-0.3, -0.25) is 4.79 Å². The van der Waals surface area contributed by atoms with Crippen LogP contribution >= 0.6 is 34.8 Å². The molecule has 6 nitrogen and oxygen atoms in total. The van der Waals surface area contributed by atoms with Gasteiger partial charge in [0, 0.05) is 51.8 Å². The Morgan fingerprint density at radius 1 is 0.889 bits per heavy atom. The van der Waals surface area contributed by atoms with Crippen molar-refractivity contribution in [2.24, 2.45) is 0 Å². The monoisotopic (exact) mass is 543 g/mol. The molecule has 9 heteroatoms. The van der Waals surface area contributed by atoms with Crippen LogP contribution in [0.1, 0.15) is 29.8 Å². The number of carbonyl (C=O) groups is 2. The highest BCUT2D eigenvalue weighted by Crippen LogP contribution is 2.35. The molecule has 3 aromatic carbocycles. The molecule has 0 radical (unpaired) electrons. The Hall–Kier alpha value is -3.19. The predicted octanol–water partition coefficient (Wildman–Crippen LogP) is 7.74. The van der Waals surface area contributed by atoms with Crippen molar-refractivity contribution in [1.82, 2.24) is 9.47 Å². The number of halogens is 3. The fraction of sp³-hybridized carbons (Fsp3) is 0.185. The van der Waals surface area contributed by atoms with Crippen molar-refractivity contribution in [3.05, 3.63) is 93.1 Å². The number of amides is 2. The van der Waals surface area contributed by atoms with Crippen LogP contribution in [0, 0.1) is 0 Å². The van der Waals surface area contributed by atoms with Crippen LogP contribution in [0.5, 0.6) is 5.75 Å². The predicted molar refractivity (Wildman–Crippen MR) is 146 cm³/mol. The third-order valence-electron chi connectivity index (χ3n) is 5.76. The highest BCUT2D eigenvalue weighted by molar-refractivity contribution is 6.35. The van der Waals surface area contributed by atoms with Crippen molar-refractivity contribution >= 4 is 63.4 Å². The van der Waals surface area contributed by atoms with Gasteiger partial charge in [0.05, 0.1) is 11.2 Å². The van der Waals surface area contributed by atoms with Crippen molar-refractivity contribution in [3.63, 3.8) is 0 Å². The summed E-state index contributed by atoms with van der Waals surface area (Å²) < 4.78 is 7.76. The molecule has 36 heavy (non-hydrogen) atoms. The Morgan fingerprint density at radius 2 is 1.56 bits per heavy atom. The van der Waals surface area contributed by atoms with Crippen LogP contribution in [-0.2, 0) is 6.54 Å². The first-order chi connectivity index (χ1) is 17.3. The average molecular weight is 545 g/mol. The minimum Gasteiger partial charge on any atom is -0.408 e. The summed E-state index contributed by atoms with van der Waals surface area (Å²) in [5, 5.41) is 4.97. The zero-order valence-corrected chi connectivity index (χ0v) is 22.0. The zero-order chi connectivity index (χ0) is 25.8. The summed E-state index contributed by atoms with van der Waals surface area (Å²) in [4.78, 5) is 27.5. The molecule has 0 spiro atoms. The maximum absolute atomic E-state index is 13.2. The molecule has 0 saturated heterocycles. The molecule has 0 unspecified atom stereocenters. The standard InChI is InChI=1S/C27H24Cl3N3O3/c1-3-32(4-2)27(35)36-24-10-9-23-22(11-12-33(23)16-17-5-7-19(28)8-6-17)25(24)31-26(34)18-13-20(29)15-21(30)14-18/h5-15H,3-4,16H2,1-2H3,(H,31,34). The molecule has 0 bridgehead atoms. The van der Waals surface area contributed by atoms with E-state index in [1.165, 1.54) is 12.1 Å². The van der Waals surface area contributed by atoms with E-state index in [1.54, 1.807) is 17.0 Å². The zero-order valence-electron chi connectivity index (χ0n) is 19.7. The Bertz CT molecular complexity index is 1390. The van der Waals surface area contributed by atoms with Crippen molar-refractivity contribution in [3.8, 4) is 5.75 Å². The fourth-order valence-corrected chi connectivity index (χ4v) is 4.55. The molecular weight excluding hydrogens is 521 g/mol. The molecule has 4 aromatic rings. The van der Waals surface area contributed by atoms with E-state index in [4.69, 9.17) is 39.5 Å². The number of benzene rings is 3. The van der Waals surface area contributed by atoms with Gasteiger partial charge in [0.2, 0.25) is 0 Å². The second-order valence-electron chi connectivity index (χ2n) is 8.09. The number of carbonyl (C=O) groups excluding carboxylic acids is 2. The van der Waals surface area contributed by atoms with Crippen molar-refractivity contribution in [2.45, 2.75) is 20.4 Å². The quantitative estimate of drug-likeness (QED) is 0.259. The molecule has 0 saturated carbocycles. The highest BCUT2D eigenvalue weighted by Gasteiger charge is 2.20. The summed E-state index contributed by atoms with van der Waals surface area (Å²) in [5.74, 6) is -0.192. The molecule has 0 fully saturated rings. The molecular formula is C27H24Cl3N3O3. The van der Waals surface area contributed by atoms with Gasteiger partial charge in [-0.2, -0.15) is 0 Å². The molecule has 1 heterocycles. The largest absolute Gasteiger partial charge is 0.415 e. The van der Waals surface area contributed by atoms with Gasteiger partial charge in [0.25, 0.3) is 5.91 Å². The highest BCUT2D eigenvalue weighted by atomic mass is 35.5.